The minimum Gasteiger partial charge on any atom is -0.508 e. The summed E-state index contributed by atoms with van der Waals surface area (Å²) in [5, 5.41) is 55.9. The number of aliphatic carboxylic acids is 1. The Balaban J connectivity index is 0.972. The number of aliphatic hydroxyl groups is 1. The van der Waals surface area contributed by atoms with Gasteiger partial charge in [0.2, 0.25) is 53.2 Å². The second-order valence-corrected chi connectivity index (χ2v) is 28.5. The van der Waals surface area contributed by atoms with E-state index in [2.05, 4.69) is 62.5 Å². The van der Waals surface area contributed by atoms with E-state index < -0.39 is 146 Å². The van der Waals surface area contributed by atoms with Gasteiger partial charge in [0, 0.05) is 103 Å². The highest BCUT2D eigenvalue weighted by atomic mass is 32.2. The number of hydrogen-bond acceptors (Lipinski definition) is 17. The second-order valence-electron chi connectivity index (χ2n) is 26.4. The molecule has 28 nitrogen and oxygen atoms in total. The summed E-state index contributed by atoms with van der Waals surface area (Å²) in [4.78, 5) is 158. The summed E-state index contributed by atoms with van der Waals surface area (Å²) < 4.78 is 30.1. The van der Waals surface area contributed by atoms with Crippen LogP contribution in [0, 0.1) is 5.82 Å². The number of carbonyl (C=O) groups excluding carboxylic acids is 9. The first kappa shape index (κ1) is 76.7. The number of fused-ring (bicyclic) bond motifs is 5. The number of phenols is 1. The van der Waals surface area contributed by atoms with Crippen molar-refractivity contribution in [1.82, 2.24) is 67.4 Å². The Morgan fingerprint density at radius 3 is 2.05 bits per heavy atom. The van der Waals surface area contributed by atoms with Gasteiger partial charge in [-0.25, -0.2) is 13.8 Å². The van der Waals surface area contributed by atoms with Crippen LogP contribution in [-0.2, 0) is 98.0 Å². The number of nitrogens with zero attached hydrogens (tertiary/aromatic N) is 2. The topological polar surface area (TPSA) is 443 Å². The minimum atomic E-state index is -2.03. The zero-order chi connectivity index (χ0) is 74.0. The van der Waals surface area contributed by atoms with Gasteiger partial charge in [-0.1, -0.05) is 55.0 Å². The van der Waals surface area contributed by atoms with Crippen molar-refractivity contribution in [3.8, 4) is 5.75 Å². The van der Waals surface area contributed by atoms with Gasteiger partial charge in [0.1, 0.15) is 66.3 Å². The number of aliphatic hydroxyl groups excluding tert-OH is 1. The van der Waals surface area contributed by atoms with Gasteiger partial charge < -0.3 is 83.9 Å². The highest BCUT2D eigenvalue weighted by molar-refractivity contribution is 7.98. The molecule has 1 aliphatic carbocycles. The van der Waals surface area contributed by atoms with Crippen LogP contribution in [0.4, 0.5) is 8.78 Å². The molecule has 2 unspecified atom stereocenters. The molecule has 1 saturated heterocycles. The van der Waals surface area contributed by atoms with E-state index in [1.165, 1.54) is 89.6 Å². The fourth-order valence-electron chi connectivity index (χ4n) is 13.2. The van der Waals surface area contributed by atoms with Crippen molar-refractivity contribution < 1.29 is 72.0 Å². The first-order valence-corrected chi connectivity index (χ1v) is 36.9. The number of imidazole rings is 1. The molecule has 5 heterocycles. The molecule has 3 aliphatic rings. The Morgan fingerprint density at radius 2 is 1.35 bits per heavy atom. The number of carbonyl (C=O) groups is 10. The molecule has 9 amide bonds. The van der Waals surface area contributed by atoms with Gasteiger partial charge in [-0.05, 0) is 120 Å². The summed E-state index contributed by atoms with van der Waals surface area (Å²) in [5.41, 5.74) is 16.7. The number of aromatic nitrogens is 4. The molecule has 0 spiro atoms. The maximum atomic E-state index is 15.1. The standard InChI is InChI=1S/C72H87F2N15O13S2/c73-46-12-16-52-50(27-46)44(31-78-52)25-55-67(97)84-56(26-45-32-79-53-17-13-47(74)28-51(45)53)68(98)86-58(30-64(93)94)70(100)85-57(29-48-33-77-38-81-48)69(99)87-59(24-39-8-14-49(90)15-9-39)72(102)89-20-3-5-61(89)71(101)88-60(65(76)95)37-104-36-41-7-11-42-10-6-40(22-43(42)23-41)35-103-21-18-62(91)82-54(4-1-2-19-75)66(96)80-34-63(92)83-55/h6-11,13-15,17,22-23,28,31-33,38,46,54-61,66,78-80,90,96H,1-5,12,16,18-21,24-27,29-30,34-37,75H2,(H2,76,95)(H,77,81)(H,82,91)(H,83,92)(H,84,97)(H,85,100)(H,86,98)(H,87,99)(H,88,101)(H,93,94)/t46?,54-,55-,56-,57-,58-,59-,60-,61-,66?/m0/s1. The van der Waals surface area contributed by atoms with Gasteiger partial charge in [0.05, 0.1) is 31.0 Å². The van der Waals surface area contributed by atoms with Crippen molar-refractivity contribution in [2.24, 2.45) is 11.5 Å². The zero-order valence-corrected chi connectivity index (χ0v) is 58.6. The van der Waals surface area contributed by atoms with Crippen molar-refractivity contribution in [3.63, 3.8) is 0 Å². The van der Waals surface area contributed by atoms with Gasteiger partial charge in [0.25, 0.3) is 0 Å². The lowest BCUT2D eigenvalue weighted by atomic mass is 9.91. The average molecular weight is 1470 g/mol. The SMILES string of the molecule is NCCCC[C@@H]1NC(=O)CCSCc2ccc3ccc(cc3c2)CSC[C@@H](C(N)=O)NC(=O)[C@@H]2CCCN2C(=O)[C@H](Cc2ccc(O)cc2)NC(=O)[C@H](Cc2c[nH]cn2)NC(=O)[C@H](CC(=O)O)NC(=O)[C@H](Cc2c[nH]c3ccc(F)cc23)NC(=O)[C@H](Cc2c[nH]c3c2CC(F)CC3)NC(=O)CNC1O. The minimum absolute atomic E-state index is 0.0111. The highest BCUT2D eigenvalue weighted by Gasteiger charge is 2.41. The number of nitrogens with one attached hydrogen (secondary N) is 11. The van der Waals surface area contributed by atoms with Crippen LogP contribution in [0.2, 0.25) is 0 Å². The van der Waals surface area contributed by atoms with Crippen molar-refractivity contribution >= 4 is 104 Å². The van der Waals surface area contributed by atoms with Gasteiger partial charge in [-0.2, -0.15) is 23.5 Å². The first-order valence-electron chi connectivity index (χ1n) is 34.6. The van der Waals surface area contributed by atoms with Crippen LogP contribution in [0.3, 0.4) is 0 Å². The zero-order valence-electron chi connectivity index (χ0n) is 57.0. The van der Waals surface area contributed by atoms with Gasteiger partial charge in [-0.3, -0.25) is 53.3 Å². The number of halogens is 2. The van der Waals surface area contributed by atoms with Crippen LogP contribution in [0.25, 0.3) is 21.7 Å². The van der Waals surface area contributed by atoms with Crippen LogP contribution in [0.5, 0.6) is 5.75 Å². The number of aromatic amines is 3. The van der Waals surface area contributed by atoms with E-state index in [4.69, 9.17) is 11.5 Å². The Kier molecular flexibility index (Phi) is 26.9. The number of carboxylic acids is 1. The third-order valence-electron chi connectivity index (χ3n) is 18.7. The van der Waals surface area contributed by atoms with Gasteiger partial charge in [-0.15, -0.1) is 0 Å². The summed E-state index contributed by atoms with van der Waals surface area (Å²) in [6, 6.07) is 9.81. The Morgan fingerprint density at radius 1 is 0.673 bits per heavy atom. The number of aryl methyl sites for hydroxylation is 1. The average Bonchev–Trinajstić information content (AvgIpc) is 1.57. The largest absolute Gasteiger partial charge is 0.508 e. The van der Waals surface area contributed by atoms with E-state index in [0.717, 1.165) is 27.6 Å². The molecular weight excluding hydrogens is 1390 g/mol. The Labute approximate surface area is 605 Å². The highest BCUT2D eigenvalue weighted by Crippen LogP contribution is 2.29. The molecule has 554 valence electrons. The molecule has 1 fully saturated rings. The quantitative estimate of drug-likeness (QED) is 0.0655. The fourth-order valence-corrected chi connectivity index (χ4v) is 15.1. The molecule has 4 aromatic carbocycles. The number of H-pyrrole nitrogens is 3. The molecular formula is C72H87F2N15O13S2. The monoisotopic (exact) mass is 1470 g/mol. The van der Waals surface area contributed by atoms with Crippen LogP contribution in [0.1, 0.15) is 96.1 Å². The van der Waals surface area contributed by atoms with E-state index in [-0.39, 0.29) is 85.5 Å². The fraction of sp³-hybridized carbons (Fsp3) is 0.431. The summed E-state index contributed by atoms with van der Waals surface area (Å²) in [7, 11) is 0. The smallest absolute Gasteiger partial charge is 0.305 e. The van der Waals surface area contributed by atoms with Crippen LogP contribution >= 0.6 is 23.5 Å². The number of thioether (sulfide) groups is 2. The Hall–Kier alpha value is -9.89. The van der Waals surface area contributed by atoms with Crippen LogP contribution in [-0.4, -0.2) is 191 Å². The summed E-state index contributed by atoms with van der Waals surface area (Å²) >= 11 is 2.87. The molecule has 104 heavy (non-hydrogen) atoms. The lowest BCUT2D eigenvalue weighted by molar-refractivity contribution is -0.143. The molecule has 2 aliphatic heterocycles. The molecule has 0 saturated carbocycles. The summed E-state index contributed by atoms with van der Waals surface area (Å²) in [5.74, 6) is -8.77. The number of alkyl halides is 1. The third kappa shape index (κ3) is 21.2. The van der Waals surface area contributed by atoms with E-state index in [1.807, 2.05) is 36.4 Å². The third-order valence-corrected chi connectivity index (χ3v) is 20.8. The van der Waals surface area contributed by atoms with Crippen molar-refractivity contribution in [1.29, 1.82) is 0 Å². The molecule has 10 rings (SSSR count). The maximum Gasteiger partial charge on any atom is 0.305 e. The van der Waals surface area contributed by atoms with E-state index in [0.29, 0.717) is 71.7 Å². The number of benzene rings is 4. The lowest BCUT2D eigenvalue weighted by Gasteiger charge is -2.31. The summed E-state index contributed by atoms with van der Waals surface area (Å²) in [6.45, 7) is -0.242. The summed E-state index contributed by atoms with van der Waals surface area (Å²) in [6.07, 6.45) is 3.04. The molecule has 7 aromatic rings. The van der Waals surface area contributed by atoms with Gasteiger partial charge in [0.15, 0.2) is 0 Å². The van der Waals surface area contributed by atoms with E-state index >= 15 is 18.8 Å². The van der Waals surface area contributed by atoms with Crippen molar-refractivity contribution in [2.75, 3.05) is 31.1 Å². The van der Waals surface area contributed by atoms with E-state index in [9.17, 15) is 53.3 Å². The molecule has 18 N–H and O–H groups in total. The van der Waals surface area contributed by atoms with Crippen LogP contribution in [0.15, 0.2) is 104 Å². The molecule has 32 heteroatoms. The number of unbranched alkanes of at least 4 members (excludes halogenated alkanes) is 1. The van der Waals surface area contributed by atoms with E-state index in [1.54, 1.807) is 6.20 Å². The number of rotatable bonds is 15. The number of nitrogens with two attached hydrogens (primary N) is 2. The van der Waals surface area contributed by atoms with Crippen molar-refractivity contribution in [2.45, 2.75) is 162 Å². The second kappa shape index (κ2) is 36.5. The van der Waals surface area contributed by atoms with Crippen LogP contribution < -0.4 is 54.0 Å². The predicted molar refractivity (Wildman–Crippen MR) is 385 cm³/mol. The Bertz CT molecular complexity index is 4220. The van der Waals surface area contributed by atoms with Crippen molar-refractivity contribution in [3.05, 3.63) is 154 Å². The first-order chi connectivity index (χ1) is 50.0. The number of amides is 9. The molecule has 3 bridgehead atoms. The number of phenolic OH excluding ortho intramolecular Hbond substituents is 1. The number of hydrogen-bond donors (Lipinski definition) is 16. The molecule has 3 aromatic heterocycles. The normalized spacial score (nSPS) is 23.8. The molecule has 10 atom stereocenters. The number of aromatic hydroxyl groups is 1. The lowest BCUT2D eigenvalue weighted by Crippen LogP contribution is -2.61. The van der Waals surface area contributed by atoms with Gasteiger partial charge >= 0.3 is 5.97 Å². The predicted octanol–water partition coefficient (Wildman–Crippen LogP) is 2.27. The number of primary amides is 1. The number of carboxylic acid groups (broad SMARTS) is 1. The maximum absolute atomic E-state index is 15.1. The molecule has 0 radical (unpaired) electrons.